The van der Waals surface area contributed by atoms with Crippen LogP contribution in [0.15, 0.2) is 29.4 Å². The summed E-state index contributed by atoms with van der Waals surface area (Å²) in [5.74, 6) is -0.292. The van der Waals surface area contributed by atoms with Crippen LogP contribution in [0, 0.1) is 5.82 Å². The molecule has 1 aliphatic rings. The van der Waals surface area contributed by atoms with Crippen molar-refractivity contribution in [2.75, 3.05) is 0 Å². The first-order chi connectivity index (χ1) is 7.72. The molecule has 4 nitrogen and oxygen atoms in total. The summed E-state index contributed by atoms with van der Waals surface area (Å²) in [7, 11) is 0. The van der Waals surface area contributed by atoms with Crippen molar-refractivity contribution >= 4 is 27.0 Å². The van der Waals surface area contributed by atoms with Gasteiger partial charge in [0, 0.05) is 5.56 Å². The van der Waals surface area contributed by atoms with Crippen LogP contribution in [0.2, 0.25) is 0 Å². The van der Waals surface area contributed by atoms with Gasteiger partial charge in [-0.15, -0.1) is 0 Å². The summed E-state index contributed by atoms with van der Waals surface area (Å²) in [4.78, 5) is 12.4. The van der Waals surface area contributed by atoms with Crippen molar-refractivity contribution in [3.8, 4) is 0 Å². The normalized spacial score (nSPS) is 19.2. The Kier molecular flexibility index (Phi) is 3.19. The van der Waals surface area contributed by atoms with Crippen molar-refractivity contribution in [1.82, 2.24) is 10.3 Å². The zero-order valence-electron chi connectivity index (χ0n) is 8.23. The number of hydrogen-bond acceptors (Lipinski definition) is 4. The zero-order chi connectivity index (χ0) is 11.5. The molecular weight excluding hydrogens is 277 g/mol. The van der Waals surface area contributed by atoms with Crippen molar-refractivity contribution in [2.24, 2.45) is 5.10 Å². The largest absolute Gasteiger partial charge is 0.317 e. The van der Waals surface area contributed by atoms with Crippen LogP contribution in [0.1, 0.15) is 5.56 Å². The van der Waals surface area contributed by atoms with E-state index in [9.17, 15) is 9.18 Å². The second kappa shape index (κ2) is 4.61. The van der Waals surface area contributed by atoms with Crippen LogP contribution >= 0.6 is 15.9 Å². The monoisotopic (exact) mass is 285 g/mol. The molecular formula is C10H9BrFN3O. The fourth-order valence-corrected chi connectivity index (χ4v) is 1.89. The fraction of sp³-hybridized carbons (Fsp3) is 0.200. The molecule has 0 aliphatic carbocycles. The van der Waals surface area contributed by atoms with Crippen LogP contribution in [0.25, 0.3) is 0 Å². The number of hydrogen-bond donors (Lipinski definition) is 1. The number of carbonyl (C=O) groups excluding carboxylic acids is 1. The van der Waals surface area contributed by atoms with Gasteiger partial charge in [-0.05, 0) is 22.0 Å². The van der Waals surface area contributed by atoms with E-state index in [4.69, 9.17) is 0 Å². The zero-order valence-corrected chi connectivity index (χ0v) is 9.82. The first-order valence-corrected chi connectivity index (χ1v) is 5.45. The van der Waals surface area contributed by atoms with E-state index in [0.29, 0.717) is 10.3 Å². The van der Waals surface area contributed by atoms with E-state index >= 15 is 0 Å². The molecule has 1 aromatic rings. The Morgan fingerprint density at radius 2 is 2.31 bits per heavy atom. The molecule has 1 unspecified atom stereocenters. The van der Waals surface area contributed by atoms with E-state index in [2.05, 4.69) is 26.5 Å². The van der Waals surface area contributed by atoms with Gasteiger partial charge in [0.2, 0.25) is 0 Å². The van der Waals surface area contributed by atoms with Crippen LogP contribution in [0.4, 0.5) is 4.39 Å². The molecule has 6 heteroatoms. The van der Waals surface area contributed by atoms with Crippen molar-refractivity contribution in [1.29, 1.82) is 0 Å². The molecule has 0 amide bonds. The molecule has 1 aliphatic heterocycles. The third-order valence-corrected chi connectivity index (χ3v) is 2.92. The second-order valence-electron chi connectivity index (χ2n) is 3.31. The first kappa shape index (κ1) is 11.1. The number of halogens is 2. The minimum absolute atomic E-state index is 0.285. The predicted octanol–water partition coefficient (Wildman–Crippen LogP) is 1.42. The number of rotatable bonds is 3. The van der Waals surface area contributed by atoms with E-state index in [1.807, 2.05) is 0 Å². The molecule has 0 bridgehead atoms. The Morgan fingerprint density at radius 1 is 1.56 bits per heavy atom. The van der Waals surface area contributed by atoms with Gasteiger partial charge in [0.15, 0.2) is 17.2 Å². The molecule has 2 rings (SSSR count). The second-order valence-corrected chi connectivity index (χ2v) is 4.02. The van der Waals surface area contributed by atoms with E-state index < -0.39 is 6.17 Å². The van der Waals surface area contributed by atoms with Crippen molar-refractivity contribution in [3.05, 3.63) is 35.6 Å². The van der Waals surface area contributed by atoms with Crippen LogP contribution in [-0.4, -0.2) is 22.1 Å². The highest BCUT2D eigenvalue weighted by Crippen LogP contribution is 2.16. The number of nitrogens with one attached hydrogen (secondary N) is 1. The van der Waals surface area contributed by atoms with Gasteiger partial charge in [0.1, 0.15) is 5.82 Å². The summed E-state index contributed by atoms with van der Waals surface area (Å²) in [6.07, 6.45) is 0.174. The lowest BCUT2D eigenvalue weighted by Gasteiger charge is -2.21. The van der Waals surface area contributed by atoms with E-state index in [1.54, 1.807) is 23.1 Å². The number of aldehydes is 1. The smallest absolute Gasteiger partial charge is 0.194 e. The van der Waals surface area contributed by atoms with Gasteiger partial charge in [0.05, 0.1) is 6.54 Å². The van der Waals surface area contributed by atoms with Crippen molar-refractivity contribution < 1.29 is 9.18 Å². The average Bonchev–Trinajstić information content (AvgIpc) is 2.63. The predicted molar refractivity (Wildman–Crippen MR) is 61.3 cm³/mol. The van der Waals surface area contributed by atoms with Crippen LogP contribution in [0.3, 0.4) is 0 Å². The van der Waals surface area contributed by atoms with Crippen molar-refractivity contribution in [3.63, 3.8) is 0 Å². The summed E-state index contributed by atoms with van der Waals surface area (Å²) >= 11 is 3.20. The summed E-state index contributed by atoms with van der Waals surface area (Å²) in [6.45, 7) is 0.285. The summed E-state index contributed by atoms with van der Waals surface area (Å²) in [6, 6.07) is 6.44. The molecule has 0 radical (unpaired) electrons. The Balaban J connectivity index is 2.18. The molecule has 84 valence electrons. The molecule has 1 heterocycles. The van der Waals surface area contributed by atoms with Crippen LogP contribution in [0.5, 0.6) is 0 Å². The Hall–Kier alpha value is -1.43. The molecule has 16 heavy (non-hydrogen) atoms. The molecule has 0 aromatic heterocycles. The Bertz CT molecular complexity index is 438. The molecule has 1 atom stereocenters. The van der Waals surface area contributed by atoms with Gasteiger partial charge in [-0.25, -0.2) is 4.39 Å². The first-order valence-electron chi connectivity index (χ1n) is 4.66. The highest BCUT2D eigenvalue weighted by molar-refractivity contribution is 9.18. The lowest BCUT2D eigenvalue weighted by atomic mass is 10.2. The van der Waals surface area contributed by atoms with Gasteiger partial charge in [0.25, 0.3) is 0 Å². The molecule has 1 aromatic carbocycles. The maximum absolute atomic E-state index is 13.4. The minimum atomic E-state index is -0.547. The van der Waals surface area contributed by atoms with Crippen LogP contribution in [-0.2, 0) is 11.3 Å². The molecule has 0 saturated heterocycles. The molecule has 1 N–H and O–H groups in total. The van der Waals surface area contributed by atoms with Gasteiger partial charge >= 0.3 is 0 Å². The Morgan fingerprint density at radius 3 is 3.00 bits per heavy atom. The number of carbonyl (C=O) groups is 1. The quantitative estimate of drug-likeness (QED) is 0.675. The summed E-state index contributed by atoms with van der Waals surface area (Å²) < 4.78 is 13.9. The number of hydrazone groups is 1. The average molecular weight is 286 g/mol. The summed E-state index contributed by atoms with van der Waals surface area (Å²) in [5, 5.41) is 3.85. The van der Waals surface area contributed by atoms with Gasteiger partial charge in [-0.3, -0.25) is 10.2 Å². The van der Waals surface area contributed by atoms with Gasteiger partial charge in [-0.1, -0.05) is 18.2 Å². The number of amidine groups is 1. The maximum atomic E-state index is 13.4. The highest BCUT2D eigenvalue weighted by atomic mass is 79.9. The number of nitrogens with zero attached hydrogens (tertiary/aromatic N) is 2. The molecule has 0 fully saturated rings. The Labute approximate surface area is 100 Å². The third-order valence-electron chi connectivity index (χ3n) is 2.29. The highest BCUT2D eigenvalue weighted by Gasteiger charge is 2.25. The maximum Gasteiger partial charge on any atom is 0.194 e. The third kappa shape index (κ3) is 2.06. The SMILES string of the molecule is O=CC1NN=C(Br)N1Cc1ccccc1F. The van der Waals surface area contributed by atoms with Gasteiger partial charge < -0.3 is 4.90 Å². The lowest BCUT2D eigenvalue weighted by molar-refractivity contribution is -0.111. The lowest BCUT2D eigenvalue weighted by Crippen LogP contribution is -2.39. The summed E-state index contributed by atoms with van der Waals surface area (Å²) in [5.41, 5.74) is 3.14. The topological polar surface area (TPSA) is 44.7 Å². The number of benzene rings is 1. The fourth-order valence-electron chi connectivity index (χ4n) is 1.45. The minimum Gasteiger partial charge on any atom is -0.317 e. The molecule has 0 spiro atoms. The van der Waals surface area contributed by atoms with E-state index in [0.717, 1.165) is 6.29 Å². The standard InChI is InChI=1S/C10H9BrFN3O/c11-10-14-13-9(6-16)15(10)5-7-3-1-2-4-8(7)12/h1-4,6,9,13H,5H2. The van der Waals surface area contributed by atoms with Crippen molar-refractivity contribution in [2.45, 2.75) is 12.7 Å². The van der Waals surface area contributed by atoms with Crippen LogP contribution < -0.4 is 5.43 Å². The van der Waals surface area contributed by atoms with Gasteiger partial charge in [-0.2, -0.15) is 5.10 Å². The van der Waals surface area contributed by atoms with E-state index in [-0.39, 0.29) is 12.4 Å². The van der Waals surface area contributed by atoms with E-state index in [1.165, 1.54) is 6.07 Å². The molecule has 0 saturated carbocycles.